The zero-order valence-electron chi connectivity index (χ0n) is 6.53. The van der Waals surface area contributed by atoms with Gasteiger partial charge < -0.3 is 0 Å². The lowest BCUT2D eigenvalue weighted by molar-refractivity contribution is 0.464. The largest absolute Gasteiger partial charge is 0.297 e. The highest BCUT2D eigenvalue weighted by molar-refractivity contribution is 6.55. The maximum atomic E-state index is 10.8. The van der Waals surface area contributed by atoms with E-state index in [0.717, 1.165) is 5.56 Å². The SMILES string of the molecule is C[SiH]([O])/C=C/c1ccccc1. The molecule has 2 heteroatoms. The van der Waals surface area contributed by atoms with Gasteiger partial charge in [0.25, 0.3) is 0 Å². The Bertz CT molecular complexity index is 229. The Hall–Kier alpha value is -0.863. The van der Waals surface area contributed by atoms with Crippen LogP contribution in [0, 0.1) is 0 Å². The van der Waals surface area contributed by atoms with Crippen molar-refractivity contribution in [2.75, 3.05) is 0 Å². The molecule has 0 aromatic heterocycles. The lowest BCUT2D eigenvalue weighted by Gasteiger charge is -1.90. The zero-order valence-corrected chi connectivity index (χ0v) is 7.68. The molecule has 0 saturated heterocycles. The minimum atomic E-state index is -1.77. The second-order valence-corrected chi connectivity index (χ2v) is 4.27. The maximum Gasteiger partial charge on any atom is 0.242 e. The fourth-order valence-corrected chi connectivity index (χ4v) is 1.30. The quantitative estimate of drug-likeness (QED) is 0.594. The lowest BCUT2D eigenvalue weighted by atomic mass is 10.2. The lowest BCUT2D eigenvalue weighted by Crippen LogP contribution is -1.95. The third-order valence-corrected chi connectivity index (χ3v) is 2.09. The Morgan fingerprint density at radius 3 is 2.45 bits per heavy atom. The molecule has 0 aliphatic heterocycles. The molecule has 0 bridgehead atoms. The van der Waals surface area contributed by atoms with Gasteiger partial charge in [0.1, 0.15) is 0 Å². The Morgan fingerprint density at radius 1 is 1.27 bits per heavy atom. The van der Waals surface area contributed by atoms with E-state index in [4.69, 9.17) is 0 Å². The van der Waals surface area contributed by atoms with Crippen LogP contribution in [0.1, 0.15) is 5.56 Å². The van der Waals surface area contributed by atoms with Gasteiger partial charge >= 0.3 is 0 Å². The van der Waals surface area contributed by atoms with Crippen LogP contribution >= 0.6 is 0 Å². The summed E-state index contributed by atoms with van der Waals surface area (Å²) in [5.74, 6) is 0. The van der Waals surface area contributed by atoms with Crippen LogP contribution in [0.15, 0.2) is 36.0 Å². The van der Waals surface area contributed by atoms with Gasteiger partial charge in [-0.15, -0.1) is 0 Å². The molecular weight excluding hydrogens is 152 g/mol. The summed E-state index contributed by atoms with van der Waals surface area (Å²) in [5, 5.41) is 0. The average molecular weight is 163 g/mol. The summed E-state index contributed by atoms with van der Waals surface area (Å²) in [4.78, 5) is 10.8. The molecule has 0 aliphatic rings. The van der Waals surface area contributed by atoms with Crippen molar-refractivity contribution in [3.05, 3.63) is 41.6 Å². The Kier molecular flexibility index (Phi) is 3.07. The van der Waals surface area contributed by atoms with E-state index in [0.29, 0.717) is 0 Å². The van der Waals surface area contributed by atoms with Crippen LogP contribution in [-0.2, 0) is 4.80 Å². The first-order valence-corrected chi connectivity index (χ1v) is 5.97. The van der Waals surface area contributed by atoms with Crippen molar-refractivity contribution in [1.29, 1.82) is 0 Å². The molecule has 0 fully saturated rings. The summed E-state index contributed by atoms with van der Waals surface area (Å²) in [5.41, 5.74) is 2.90. The van der Waals surface area contributed by atoms with Crippen LogP contribution in [0.2, 0.25) is 6.55 Å². The smallest absolute Gasteiger partial charge is 0.242 e. The normalized spacial score (nSPS) is 13.6. The third-order valence-electron chi connectivity index (χ3n) is 1.36. The molecule has 1 aromatic rings. The van der Waals surface area contributed by atoms with Crippen molar-refractivity contribution in [2.45, 2.75) is 6.55 Å². The van der Waals surface area contributed by atoms with E-state index in [1.807, 2.05) is 36.4 Å². The molecule has 1 rings (SSSR count). The first kappa shape index (κ1) is 8.24. The van der Waals surface area contributed by atoms with E-state index in [1.54, 1.807) is 12.2 Å². The van der Waals surface area contributed by atoms with E-state index in [1.165, 1.54) is 0 Å². The van der Waals surface area contributed by atoms with Crippen LogP contribution in [0.5, 0.6) is 0 Å². The van der Waals surface area contributed by atoms with Gasteiger partial charge in [-0.05, 0) is 12.1 Å². The molecule has 1 atom stereocenters. The molecule has 0 spiro atoms. The van der Waals surface area contributed by atoms with E-state index in [2.05, 4.69) is 0 Å². The minimum Gasteiger partial charge on any atom is -0.297 e. The molecule has 0 saturated carbocycles. The number of hydrogen-bond donors (Lipinski definition) is 0. The van der Waals surface area contributed by atoms with Gasteiger partial charge in [-0.25, -0.2) is 0 Å². The predicted octanol–water partition coefficient (Wildman–Crippen LogP) is 2.02. The molecule has 0 aliphatic carbocycles. The highest BCUT2D eigenvalue weighted by Gasteiger charge is 1.91. The molecule has 57 valence electrons. The zero-order chi connectivity index (χ0) is 8.10. The van der Waals surface area contributed by atoms with Gasteiger partial charge in [0.2, 0.25) is 9.04 Å². The molecule has 1 radical (unpaired) electrons. The second kappa shape index (κ2) is 4.11. The van der Waals surface area contributed by atoms with Gasteiger partial charge in [0.05, 0.1) is 0 Å². The Labute approximate surface area is 68.7 Å². The van der Waals surface area contributed by atoms with Crippen molar-refractivity contribution in [2.24, 2.45) is 0 Å². The molecule has 1 unspecified atom stereocenters. The summed E-state index contributed by atoms with van der Waals surface area (Å²) in [6.45, 7) is 1.76. The molecule has 11 heavy (non-hydrogen) atoms. The van der Waals surface area contributed by atoms with Gasteiger partial charge in [-0.3, -0.25) is 4.80 Å². The van der Waals surface area contributed by atoms with Crippen LogP contribution in [0.4, 0.5) is 0 Å². The van der Waals surface area contributed by atoms with Crippen LogP contribution in [0.25, 0.3) is 6.08 Å². The molecule has 0 amide bonds. The standard InChI is InChI=1S/C9H11OSi/c1-11(10)8-7-9-5-3-2-4-6-9/h2-8,11H,1H3/b8-7+. The highest BCUT2D eigenvalue weighted by Crippen LogP contribution is 2.00. The van der Waals surface area contributed by atoms with Crippen LogP contribution in [-0.4, -0.2) is 9.04 Å². The fourth-order valence-electron chi connectivity index (χ4n) is 0.811. The maximum absolute atomic E-state index is 10.8. The van der Waals surface area contributed by atoms with Gasteiger partial charge in [-0.1, -0.05) is 42.1 Å². The summed E-state index contributed by atoms with van der Waals surface area (Å²) in [6.07, 6.45) is 1.91. The van der Waals surface area contributed by atoms with E-state index in [9.17, 15) is 4.80 Å². The first-order valence-electron chi connectivity index (χ1n) is 3.68. The summed E-state index contributed by atoms with van der Waals surface area (Å²) < 4.78 is 0. The first-order chi connectivity index (χ1) is 5.29. The van der Waals surface area contributed by atoms with Crippen LogP contribution in [0.3, 0.4) is 0 Å². The number of rotatable bonds is 2. The molecule has 0 N–H and O–H groups in total. The number of hydrogen-bond acceptors (Lipinski definition) is 0. The van der Waals surface area contributed by atoms with Gasteiger partial charge in [-0.2, -0.15) is 0 Å². The molecule has 1 aromatic carbocycles. The van der Waals surface area contributed by atoms with Gasteiger partial charge in [0, 0.05) is 0 Å². The predicted molar refractivity (Wildman–Crippen MR) is 49.2 cm³/mol. The van der Waals surface area contributed by atoms with E-state index >= 15 is 0 Å². The second-order valence-electron chi connectivity index (χ2n) is 2.47. The van der Waals surface area contributed by atoms with Crippen molar-refractivity contribution in [1.82, 2.24) is 0 Å². The summed E-state index contributed by atoms with van der Waals surface area (Å²) >= 11 is 0. The topological polar surface area (TPSA) is 19.9 Å². The Morgan fingerprint density at radius 2 is 1.91 bits per heavy atom. The Balaban J connectivity index is 2.65. The highest BCUT2D eigenvalue weighted by atomic mass is 28.3. The fraction of sp³-hybridized carbons (Fsp3) is 0.111. The van der Waals surface area contributed by atoms with E-state index < -0.39 is 9.04 Å². The van der Waals surface area contributed by atoms with E-state index in [-0.39, 0.29) is 0 Å². The summed E-state index contributed by atoms with van der Waals surface area (Å²) in [6, 6.07) is 9.89. The number of benzene rings is 1. The molecular formula is C9H11OSi. The average Bonchev–Trinajstić information content (AvgIpc) is 2.03. The van der Waals surface area contributed by atoms with Crippen molar-refractivity contribution >= 4 is 15.1 Å². The van der Waals surface area contributed by atoms with Gasteiger partial charge in [0.15, 0.2) is 0 Å². The van der Waals surface area contributed by atoms with Crippen molar-refractivity contribution in [3.63, 3.8) is 0 Å². The molecule has 0 heterocycles. The third kappa shape index (κ3) is 3.16. The van der Waals surface area contributed by atoms with Crippen molar-refractivity contribution < 1.29 is 4.80 Å². The van der Waals surface area contributed by atoms with Crippen LogP contribution < -0.4 is 0 Å². The van der Waals surface area contributed by atoms with Crippen molar-refractivity contribution in [3.8, 4) is 0 Å². The molecule has 1 nitrogen and oxygen atoms in total. The minimum absolute atomic E-state index is 1.11. The summed E-state index contributed by atoms with van der Waals surface area (Å²) in [7, 11) is -1.77. The monoisotopic (exact) mass is 163 g/mol.